The molecule has 18 heavy (non-hydrogen) atoms. The van der Waals surface area contributed by atoms with Crippen molar-refractivity contribution in [3.63, 3.8) is 0 Å². The number of carbonyl (C=O) groups excluding carboxylic acids is 1. The number of benzene rings is 1. The van der Waals surface area contributed by atoms with Gasteiger partial charge in [-0.1, -0.05) is 6.07 Å². The monoisotopic (exact) mass is 249 g/mol. The molecule has 1 aliphatic rings. The van der Waals surface area contributed by atoms with Crippen molar-refractivity contribution in [2.75, 3.05) is 18.9 Å². The van der Waals surface area contributed by atoms with E-state index in [1.165, 1.54) is 6.07 Å². The highest BCUT2D eigenvalue weighted by atomic mass is 16.6. The van der Waals surface area contributed by atoms with E-state index < -0.39 is 4.92 Å². The normalized spacial score (nSPS) is 14.9. The first-order valence-electron chi connectivity index (χ1n) is 5.84. The molecule has 0 aliphatic carbocycles. The van der Waals surface area contributed by atoms with Crippen molar-refractivity contribution in [1.29, 1.82) is 0 Å². The summed E-state index contributed by atoms with van der Waals surface area (Å²) >= 11 is 0. The maximum atomic E-state index is 11.5. The second kappa shape index (κ2) is 5.03. The summed E-state index contributed by atoms with van der Waals surface area (Å²) in [7, 11) is 1.65. The molecular weight excluding hydrogens is 234 g/mol. The smallest absolute Gasteiger partial charge is 0.292 e. The summed E-state index contributed by atoms with van der Waals surface area (Å²) in [6.45, 7) is 1.29. The SMILES string of the molecule is CNc1cc(CN2CCCC2=O)ccc1[N+](=O)[O-]. The summed E-state index contributed by atoms with van der Waals surface area (Å²) in [6.07, 6.45) is 1.50. The van der Waals surface area contributed by atoms with Gasteiger partial charge in [0.15, 0.2) is 0 Å². The van der Waals surface area contributed by atoms with E-state index in [1.807, 2.05) is 0 Å². The van der Waals surface area contributed by atoms with Crippen LogP contribution in [0.2, 0.25) is 0 Å². The Balaban J connectivity index is 2.19. The standard InChI is InChI=1S/C12H15N3O3/c1-13-10-7-9(4-5-11(10)15(17)18)8-14-6-2-3-12(14)16/h4-5,7,13H,2-3,6,8H2,1H3. The molecule has 96 valence electrons. The number of nitrogens with one attached hydrogen (secondary N) is 1. The fourth-order valence-corrected chi connectivity index (χ4v) is 2.13. The molecule has 2 rings (SSSR count). The molecule has 0 atom stereocenters. The minimum atomic E-state index is -0.420. The summed E-state index contributed by atoms with van der Waals surface area (Å²) in [4.78, 5) is 23.7. The van der Waals surface area contributed by atoms with Crippen LogP contribution in [0.15, 0.2) is 18.2 Å². The number of hydrogen-bond donors (Lipinski definition) is 1. The maximum absolute atomic E-state index is 11.5. The van der Waals surface area contributed by atoms with Gasteiger partial charge in [-0.15, -0.1) is 0 Å². The van der Waals surface area contributed by atoms with Crippen LogP contribution in [-0.2, 0) is 11.3 Å². The number of hydrogen-bond acceptors (Lipinski definition) is 4. The largest absolute Gasteiger partial charge is 0.383 e. The van der Waals surface area contributed by atoms with Gasteiger partial charge < -0.3 is 10.2 Å². The highest BCUT2D eigenvalue weighted by molar-refractivity contribution is 5.78. The molecule has 1 heterocycles. The predicted octanol–water partition coefficient (Wildman–Crippen LogP) is 1.76. The van der Waals surface area contributed by atoms with Crippen molar-refractivity contribution >= 4 is 17.3 Å². The number of carbonyl (C=O) groups is 1. The average molecular weight is 249 g/mol. The lowest BCUT2D eigenvalue weighted by atomic mass is 10.1. The van der Waals surface area contributed by atoms with Crippen molar-refractivity contribution in [3.8, 4) is 0 Å². The molecule has 6 nitrogen and oxygen atoms in total. The topological polar surface area (TPSA) is 75.5 Å². The predicted molar refractivity (Wildman–Crippen MR) is 67.3 cm³/mol. The third-order valence-electron chi connectivity index (χ3n) is 3.07. The van der Waals surface area contributed by atoms with Crippen LogP contribution in [0.4, 0.5) is 11.4 Å². The second-order valence-electron chi connectivity index (χ2n) is 4.28. The van der Waals surface area contributed by atoms with Crippen LogP contribution in [0.25, 0.3) is 0 Å². The van der Waals surface area contributed by atoms with E-state index in [0.717, 1.165) is 18.5 Å². The minimum Gasteiger partial charge on any atom is -0.383 e. The first kappa shape index (κ1) is 12.3. The fourth-order valence-electron chi connectivity index (χ4n) is 2.13. The molecule has 0 bridgehead atoms. The van der Waals surface area contributed by atoms with Crippen molar-refractivity contribution in [1.82, 2.24) is 4.90 Å². The Hall–Kier alpha value is -2.11. The van der Waals surface area contributed by atoms with E-state index in [-0.39, 0.29) is 11.6 Å². The Morgan fingerprint density at radius 3 is 2.83 bits per heavy atom. The molecule has 0 saturated carbocycles. The van der Waals surface area contributed by atoms with Crippen LogP contribution in [0.1, 0.15) is 18.4 Å². The van der Waals surface area contributed by atoms with E-state index >= 15 is 0 Å². The second-order valence-corrected chi connectivity index (χ2v) is 4.28. The zero-order valence-corrected chi connectivity index (χ0v) is 10.2. The van der Waals surface area contributed by atoms with Gasteiger partial charge in [0.1, 0.15) is 5.69 Å². The van der Waals surface area contributed by atoms with Gasteiger partial charge in [0, 0.05) is 32.6 Å². The van der Waals surface area contributed by atoms with Crippen LogP contribution < -0.4 is 5.32 Å². The lowest BCUT2D eigenvalue weighted by Crippen LogP contribution is -2.23. The summed E-state index contributed by atoms with van der Waals surface area (Å²) < 4.78 is 0. The third kappa shape index (κ3) is 2.42. The first-order valence-corrected chi connectivity index (χ1v) is 5.84. The van der Waals surface area contributed by atoms with Gasteiger partial charge in [-0.25, -0.2) is 0 Å². The zero-order chi connectivity index (χ0) is 13.1. The summed E-state index contributed by atoms with van der Waals surface area (Å²) in [5.74, 6) is 0.152. The van der Waals surface area contributed by atoms with Crippen LogP contribution in [0.5, 0.6) is 0 Å². The minimum absolute atomic E-state index is 0.0500. The van der Waals surface area contributed by atoms with Gasteiger partial charge >= 0.3 is 0 Å². The molecule has 6 heteroatoms. The van der Waals surface area contributed by atoms with E-state index in [1.54, 1.807) is 24.1 Å². The molecule has 1 fully saturated rings. The number of nitro groups is 1. The van der Waals surface area contributed by atoms with E-state index in [4.69, 9.17) is 0 Å². The van der Waals surface area contributed by atoms with Gasteiger partial charge in [-0.05, 0) is 18.1 Å². The molecular formula is C12H15N3O3. The van der Waals surface area contributed by atoms with Crippen LogP contribution in [0, 0.1) is 10.1 Å². The molecule has 1 amide bonds. The maximum Gasteiger partial charge on any atom is 0.292 e. The summed E-state index contributed by atoms with van der Waals surface area (Å²) in [6, 6.07) is 4.90. The van der Waals surface area contributed by atoms with Crippen molar-refractivity contribution in [2.24, 2.45) is 0 Å². The van der Waals surface area contributed by atoms with E-state index in [9.17, 15) is 14.9 Å². The molecule has 1 saturated heterocycles. The molecule has 0 unspecified atom stereocenters. The summed E-state index contributed by atoms with van der Waals surface area (Å²) in [5.41, 5.74) is 1.43. The van der Waals surface area contributed by atoms with E-state index in [2.05, 4.69) is 5.32 Å². The van der Waals surface area contributed by atoms with Crippen molar-refractivity contribution < 1.29 is 9.72 Å². The first-order chi connectivity index (χ1) is 8.61. The highest BCUT2D eigenvalue weighted by Crippen LogP contribution is 2.26. The molecule has 1 N–H and O–H groups in total. The van der Waals surface area contributed by atoms with Crippen LogP contribution in [-0.4, -0.2) is 29.3 Å². The van der Waals surface area contributed by atoms with Crippen molar-refractivity contribution in [3.05, 3.63) is 33.9 Å². The Morgan fingerprint density at radius 2 is 2.28 bits per heavy atom. The molecule has 0 spiro atoms. The van der Waals surface area contributed by atoms with Crippen molar-refractivity contribution in [2.45, 2.75) is 19.4 Å². The summed E-state index contributed by atoms with van der Waals surface area (Å²) in [5, 5.41) is 13.6. The quantitative estimate of drug-likeness (QED) is 0.651. The number of rotatable bonds is 4. The van der Waals surface area contributed by atoms with Gasteiger partial charge in [-0.2, -0.15) is 0 Å². The third-order valence-corrected chi connectivity index (χ3v) is 3.07. The van der Waals surface area contributed by atoms with Crippen LogP contribution in [0.3, 0.4) is 0 Å². The van der Waals surface area contributed by atoms with Gasteiger partial charge in [0.25, 0.3) is 5.69 Å². The van der Waals surface area contributed by atoms with Gasteiger partial charge in [0.2, 0.25) is 5.91 Å². The zero-order valence-electron chi connectivity index (χ0n) is 10.2. The molecule has 1 aromatic rings. The number of anilines is 1. The number of likely N-dealkylation sites (tertiary alicyclic amines) is 1. The Kier molecular flexibility index (Phi) is 3.45. The average Bonchev–Trinajstić information content (AvgIpc) is 2.74. The number of nitro benzene ring substituents is 1. The number of amides is 1. The highest BCUT2D eigenvalue weighted by Gasteiger charge is 2.21. The Labute approximate surface area is 105 Å². The molecule has 0 aromatic heterocycles. The Bertz CT molecular complexity index is 487. The number of nitrogens with zero attached hydrogens (tertiary/aromatic N) is 2. The van der Waals surface area contributed by atoms with Crippen LogP contribution >= 0.6 is 0 Å². The van der Waals surface area contributed by atoms with Gasteiger partial charge in [-0.3, -0.25) is 14.9 Å². The van der Waals surface area contributed by atoms with Gasteiger partial charge in [0.05, 0.1) is 4.92 Å². The molecule has 1 aromatic carbocycles. The molecule has 1 aliphatic heterocycles. The fraction of sp³-hybridized carbons (Fsp3) is 0.417. The lowest BCUT2D eigenvalue weighted by molar-refractivity contribution is -0.384. The Morgan fingerprint density at radius 1 is 1.50 bits per heavy atom. The molecule has 0 radical (unpaired) electrons. The lowest BCUT2D eigenvalue weighted by Gasteiger charge is -2.16. The van der Waals surface area contributed by atoms with E-state index in [0.29, 0.717) is 18.7 Å².